The summed E-state index contributed by atoms with van der Waals surface area (Å²) in [6.07, 6.45) is -9.41. The van der Waals surface area contributed by atoms with Crippen LogP contribution in [0, 0.1) is 11.3 Å². The van der Waals surface area contributed by atoms with Crippen molar-refractivity contribution in [3.05, 3.63) is 51.7 Å². The van der Waals surface area contributed by atoms with Crippen LogP contribution in [-0.4, -0.2) is 12.7 Å². The number of anilines is 1. The van der Waals surface area contributed by atoms with Crippen molar-refractivity contribution < 1.29 is 26.3 Å². The number of alkyl halides is 6. The first kappa shape index (κ1) is 18.1. The maximum absolute atomic E-state index is 13.0. The molecule has 2 nitrogen and oxygen atoms in total. The van der Waals surface area contributed by atoms with Crippen molar-refractivity contribution in [1.29, 1.82) is 5.26 Å². The van der Waals surface area contributed by atoms with Crippen LogP contribution in [-0.2, 0) is 12.7 Å². The molecular formula is C15H10F6N2S. The number of rotatable bonds is 4. The Morgan fingerprint density at radius 2 is 1.79 bits per heavy atom. The highest BCUT2D eigenvalue weighted by Gasteiger charge is 2.36. The SMILES string of the molecule is N#Cc1ccc(N(Cc2cccs2)CC(F)(F)F)cc1C(F)(F)F. The Kier molecular flexibility index (Phi) is 5.08. The lowest BCUT2D eigenvalue weighted by atomic mass is 10.1. The molecule has 9 heteroatoms. The Bertz CT molecular complexity index is 728. The molecule has 0 aliphatic heterocycles. The lowest BCUT2D eigenvalue weighted by Gasteiger charge is -2.26. The third-order valence-electron chi connectivity index (χ3n) is 3.09. The zero-order valence-corrected chi connectivity index (χ0v) is 12.8. The van der Waals surface area contributed by atoms with Gasteiger partial charge in [0, 0.05) is 10.6 Å². The fraction of sp³-hybridized carbons (Fsp3) is 0.267. The van der Waals surface area contributed by atoms with E-state index >= 15 is 0 Å². The van der Waals surface area contributed by atoms with Crippen LogP contribution >= 0.6 is 11.3 Å². The van der Waals surface area contributed by atoms with Gasteiger partial charge in [-0.15, -0.1) is 11.3 Å². The van der Waals surface area contributed by atoms with Gasteiger partial charge in [-0.3, -0.25) is 0 Å². The third kappa shape index (κ3) is 4.64. The monoisotopic (exact) mass is 364 g/mol. The molecule has 0 atom stereocenters. The number of nitrogens with zero attached hydrogens (tertiary/aromatic N) is 2. The van der Waals surface area contributed by atoms with E-state index in [0.717, 1.165) is 17.0 Å². The molecule has 0 radical (unpaired) electrons. The van der Waals surface area contributed by atoms with Gasteiger partial charge in [0.1, 0.15) is 6.54 Å². The normalized spacial score (nSPS) is 12.0. The first-order valence-electron chi connectivity index (χ1n) is 6.55. The first-order valence-corrected chi connectivity index (χ1v) is 7.43. The first-order chi connectivity index (χ1) is 11.1. The summed E-state index contributed by atoms with van der Waals surface area (Å²) < 4.78 is 77.4. The lowest BCUT2D eigenvalue weighted by molar-refractivity contribution is -0.137. The summed E-state index contributed by atoms with van der Waals surface area (Å²) in [7, 11) is 0. The van der Waals surface area contributed by atoms with Crippen LogP contribution in [0.25, 0.3) is 0 Å². The molecule has 0 unspecified atom stereocenters. The molecule has 1 aromatic carbocycles. The molecule has 0 fully saturated rings. The maximum atomic E-state index is 13.0. The van der Waals surface area contributed by atoms with Gasteiger partial charge in [-0.25, -0.2) is 0 Å². The minimum absolute atomic E-state index is 0.180. The Balaban J connectivity index is 2.44. The van der Waals surface area contributed by atoms with Crippen LogP contribution in [0.1, 0.15) is 16.0 Å². The highest BCUT2D eigenvalue weighted by atomic mass is 32.1. The summed E-state index contributed by atoms with van der Waals surface area (Å²) in [5.41, 5.74) is -2.12. The van der Waals surface area contributed by atoms with Crippen molar-refractivity contribution in [3.63, 3.8) is 0 Å². The van der Waals surface area contributed by atoms with Gasteiger partial charge in [-0.05, 0) is 29.6 Å². The second-order valence-corrected chi connectivity index (χ2v) is 5.92. The number of thiophene rings is 1. The molecular weight excluding hydrogens is 354 g/mol. The quantitative estimate of drug-likeness (QED) is 0.697. The molecule has 1 aromatic heterocycles. The van der Waals surface area contributed by atoms with E-state index in [9.17, 15) is 26.3 Å². The van der Waals surface area contributed by atoms with E-state index in [4.69, 9.17) is 5.26 Å². The number of hydrogen-bond acceptors (Lipinski definition) is 3. The van der Waals surface area contributed by atoms with E-state index in [1.54, 1.807) is 17.5 Å². The summed E-state index contributed by atoms with van der Waals surface area (Å²) in [5, 5.41) is 10.4. The molecule has 0 aliphatic carbocycles. The second kappa shape index (κ2) is 6.73. The van der Waals surface area contributed by atoms with Gasteiger partial charge < -0.3 is 4.90 Å². The fourth-order valence-corrected chi connectivity index (χ4v) is 2.83. The minimum Gasteiger partial charge on any atom is -0.357 e. The van der Waals surface area contributed by atoms with Crippen molar-refractivity contribution in [2.24, 2.45) is 0 Å². The predicted molar refractivity (Wildman–Crippen MR) is 77.6 cm³/mol. The van der Waals surface area contributed by atoms with E-state index in [-0.39, 0.29) is 12.2 Å². The van der Waals surface area contributed by atoms with Crippen molar-refractivity contribution in [3.8, 4) is 6.07 Å². The van der Waals surface area contributed by atoms with Crippen molar-refractivity contribution in [2.45, 2.75) is 18.9 Å². The summed E-state index contributed by atoms with van der Waals surface area (Å²) in [5.74, 6) is 0. The molecule has 2 aromatic rings. The average molecular weight is 364 g/mol. The molecule has 0 bridgehead atoms. The standard InChI is InChI=1S/C15H10F6N2S/c16-14(17,18)9-23(8-12-2-1-5-24-12)11-4-3-10(7-22)13(6-11)15(19,20)21/h1-6H,8-9H2. The molecule has 0 aliphatic rings. The van der Waals surface area contributed by atoms with Crippen LogP contribution in [0.2, 0.25) is 0 Å². The van der Waals surface area contributed by atoms with Crippen LogP contribution in [0.4, 0.5) is 32.0 Å². The Morgan fingerprint density at radius 3 is 2.29 bits per heavy atom. The molecule has 24 heavy (non-hydrogen) atoms. The highest BCUT2D eigenvalue weighted by molar-refractivity contribution is 7.09. The van der Waals surface area contributed by atoms with Gasteiger partial charge in [0.15, 0.2) is 0 Å². The highest BCUT2D eigenvalue weighted by Crippen LogP contribution is 2.35. The maximum Gasteiger partial charge on any atom is 0.417 e. The topological polar surface area (TPSA) is 27.0 Å². The van der Waals surface area contributed by atoms with Crippen LogP contribution in [0.15, 0.2) is 35.7 Å². The smallest absolute Gasteiger partial charge is 0.357 e. The van der Waals surface area contributed by atoms with E-state index in [1.807, 2.05) is 0 Å². The summed E-state index contributed by atoms with van der Waals surface area (Å²) >= 11 is 1.21. The third-order valence-corrected chi connectivity index (χ3v) is 3.95. The van der Waals surface area contributed by atoms with Crippen molar-refractivity contribution in [1.82, 2.24) is 0 Å². The van der Waals surface area contributed by atoms with Gasteiger partial charge >= 0.3 is 12.4 Å². The predicted octanol–water partition coefficient (Wildman–Crippen LogP) is 5.21. The molecule has 0 saturated carbocycles. The van der Waals surface area contributed by atoms with E-state index in [2.05, 4.69) is 0 Å². The van der Waals surface area contributed by atoms with Gasteiger partial charge in [-0.2, -0.15) is 31.6 Å². The number of benzene rings is 1. The van der Waals surface area contributed by atoms with Gasteiger partial charge in [0.2, 0.25) is 0 Å². The van der Waals surface area contributed by atoms with E-state index < -0.39 is 30.0 Å². The second-order valence-electron chi connectivity index (χ2n) is 4.89. The lowest BCUT2D eigenvalue weighted by Crippen LogP contribution is -2.33. The number of nitriles is 1. The number of halogens is 6. The van der Waals surface area contributed by atoms with Crippen LogP contribution < -0.4 is 4.90 Å². The Hall–Kier alpha value is -2.21. The molecule has 1 heterocycles. The van der Waals surface area contributed by atoms with Crippen LogP contribution in [0.5, 0.6) is 0 Å². The van der Waals surface area contributed by atoms with Crippen molar-refractivity contribution >= 4 is 17.0 Å². The molecule has 2 rings (SSSR count). The van der Waals surface area contributed by atoms with E-state index in [0.29, 0.717) is 10.9 Å². The average Bonchev–Trinajstić information content (AvgIpc) is 2.96. The Morgan fingerprint density at radius 1 is 1.08 bits per heavy atom. The summed E-state index contributed by atoms with van der Waals surface area (Å²) in [6, 6.07) is 7.20. The summed E-state index contributed by atoms with van der Waals surface area (Å²) in [4.78, 5) is 1.39. The van der Waals surface area contributed by atoms with E-state index in [1.165, 1.54) is 17.4 Å². The molecule has 0 spiro atoms. The zero-order valence-electron chi connectivity index (χ0n) is 11.9. The van der Waals surface area contributed by atoms with Crippen LogP contribution in [0.3, 0.4) is 0 Å². The fourth-order valence-electron chi connectivity index (χ4n) is 2.11. The largest absolute Gasteiger partial charge is 0.417 e. The zero-order chi connectivity index (χ0) is 18.0. The molecule has 0 saturated heterocycles. The molecule has 0 amide bonds. The molecule has 0 N–H and O–H groups in total. The van der Waals surface area contributed by atoms with Crippen molar-refractivity contribution in [2.75, 3.05) is 11.4 Å². The number of hydrogen-bond donors (Lipinski definition) is 0. The molecule has 128 valence electrons. The van der Waals surface area contributed by atoms with Gasteiger partial charge in [0.25, 0.3) is 0 Å². The van der Waals surface area contributed by atoms with Gasteiger partial charge in [-0.1, -0.05) is 6.07 Å². The Labute approximate surface area is 137 Å². The minimum atomic E-state index is -4.83. The summed E-state index contributed by atoms with van der Waals surface area (Å²) in [6.45, 7) is -1.57. The van der Waals surface area contributed by atoms with Gasteiger partial charge in [0.05, 0.1) is 23.7 Å².